The molecule has 0 spiro atoms. The lowest BCUT2D eigenvalue weighted by Gasteiger charge is -2.15. The van der Waals surface area contributed by atoms with Crippen molar-refractivity contribution in [2.45, 2.75) is 12.5 Å². The van der Waals surface area contributed by atoms with Gasteiger partial charge in [-0.2, -0.15) is 5.26 Å². The van der Waals surface area contributed by atoms with E-state index in [1.807, 2.05) is 0 Å². The summed E-state index contributed by atoms with van der Waals surface area (Å²) in [6.07, 6.45) is 0.517. The lowest BCUT2D eigenvalue weighted by Crippen LogP contribution is -2.34. The predicted octanol–water partition coefficient (Wildman–Crippen LogP) is 0.924. The van der Waals surface area contributed by atoms with E-state index in [-0.39, 0.29) is 6.61 Å². The van der Waals surface area contributed by atoms with E-state index in [9.17, 15) is 5.11 Å². The number of nitrogens with zero attached hydrogens (tertiary/aromatic N) is 1. The molecule has 5 nitrogen and oxygen atoms in total. The summed E-state index contributed by atoms with van der Waals surface area (Å²) in [4.78, 5) is 0. The van der Waals surface area contributed by atoms with Gasteiger partial charge >= 0.3 is 0 Å². The smallest absolute Gasteiger partial charge is 0.120 e. The van der Waals surface area contributed by atoms with E-state index in [1.54, 1.807) is 24.3 Å². The number of rotatable bonds is 7. The molecule has 20 heavy (non-hydrogen) atoms. The Morgan fingerprint density at radius 2 is 2.45 bits per heavy atom. The van der Waals surface area contributed by atoms with Crippen molar-refractivity contribution in [3.63, 3.8) is 0 Å². The van der Waals surface area contributed by atoms with Gasteiger partial charge in [0.15, 0.2) is 0 Å². The third-order valence-electron chi connectivity index (χ3n) is 3.24. The van der Waals surface area contributed by atoms with Crippen molar-refractivity contribution in [1.82, 2.24) is 5.32 Å². The molecule has 0 radical (unpaired) electrons. The van der Waals surface area contributed by atoms with Gasteiger partial charge in [0.05, 0.1) is 18.2 Å². The first-order valence-electron chi connectivity index (χ1n) is 6.87. The maximum absolute atomic E-state index is 9.83. The molecule has 2 rings (SSSR count). The first-order chi connectivity index (χ1) is 9.78. The molecule has 1 heterocycles. The number of nitriles is 1. The van der Waals surface area contributed by atoms with E-state index < -0.39 is 6.10 Å². The molecular weight excluding hydrogens is 256 g/mol. The summed E-state index contributed by atoms with van der Waals surface area (Å²) in [6, 6.07) is 8.97. The van der Waals surface area contributed by atoms with Crippen LogP contribution >= 0.6 is 0 Å². The van der Waals surface area contributed by atoms with Gasteiger partial charge in [-0.05, 0) is 30.5 Å². The summed E-state index contributed by atoms with van der Waals surface area (Å²) in [5, 5.41) is 21.8. The van der Waals surface area contributed by atoms with Crippen molar-refractivity contribution in [1.29, 1.82) is 5.26 Å². The van der Waals surface area contributed by atoms with Crippen LogP contribution in [0.2, 0.25) is 0 Å². The van der Waals surface area contributed by atoms with Crippen LogP contribution in [-0.4, -0.2) is 44.1 Å². The molecule has 1 aliphatic rings. The number of benzene rings is 1. The Kier molecular flexibility index (Phi) is 5.81. The van der Waals surface area contributed by atoms with Gasteiger partial charge in [0, 0.05) is 19.7 Å². The van der Waals surface area contributed by atoms with Gasteiger partial charge in [-0.15, -0.1) is 0 Å². The number of aliphatic hydroxyl groups excluding tert-OH is 1. The maximum Gasteiger partial charge on any atom is 0.120 e. The lowest BCUT2D eigenvalue weighted by molar-refractivity contribution is 0.105. The molecule has 2 N–H and O–H groups in total. The summed E-state index contributed by atoms with van der Waals surface area (Å²) in [5.41, 5.74) is 0.552. The fourth-order valence-electron chi connectivity index (χ4n) is 2.11. The SMILES string of the molecule is N#Cc1cccc(OCC(O)CNCC2CCOC2)c1. The van der Waals surface area contributed by atoms with E-state index in [2.05, 4.69) is 11.4 Å². The number of ether oxygens (including phenoxy) is 2. The molecule has 2 unspecified atom stereocenters. The minimum atomic E-state index is -0.567. The molecule has 5 heteroatoms. The van der Waals surface area contributed by atoms with Crippen LogP contribution in [0.3, 0.4) is 0 Å². The van der Waals surface area contributed by atoms with E-state index in [0.29, 0.717) is 23.8 Å². The highest BCUT2D eigenvalue weighted by Gasteiger charge is 2.15. The molecule has 0 saturated carbocycles. The minimum Gasteiger partial charge on any atom is -0.491 e. The zero-order chi connectivity index (χ0) is 14.2. The molecule has 1 saturated heterocycles. The van der Waals surface area contributed by atoms with Crippen LogP contribution in [0, 0.1) is 17.2 Å². The van der Waals surface area contributed by atoms with Crippen LogP contribution in [-0.2, 0) is 4.74 Å². The number of hydrogen-bond donors (Lipinski definition) is 2. The van der Waals surface area contributed by atoms with Crippen LogP contribution in [0.4, 0.5) is 0 Å². The first-order valence-corrected chi connectivity index (χ1v) is 6.87. The van der Waals surface area contributed by atoms with Gasteiger partial charge in [0.2, 0.25) is 0 Å². The molecule has 0 aromatic heterocycles. The van der Waals surface area contributed by atoms with Gasteiger partial charge in [0.1, 0.15) is 18.5 Å². The molecular formula is C15H20N2O3. The molecule has 108 valence electrons. The fourth-order valence-corrected chi connectivity index (χ4v) is 2.11. The van der Waals surface area contributed by atoms with E-state index in [4.69, 9.17) is 14.7 Å². The van der Waals surface area contributed by atoms with E-state index in [0.717, 1.165) is 26.2 Å². The largest absolute Gasteiger partial charge is 0.491 e. The second-order valence-corrected chi connectivity index (χ2v) is 4.99. The van der Waals surface area contributed by atoms with Crippen molar-refractivity contribution < 1.29 is 14.6 Å². The number of aliphatic hydroxyl groups is 1. The summed E-state index contributed by atoms with van der Waals surface area (Å²) in [5.74, 6) is 1.16. The first kappa shape index (κ1) is 14.8. The normalized spacial score (nSPS) is 19.5. The highest BCUT2D eigenvalue weighted by atomic mass is 16.5. The van der Waals surface area contributed by atoms with Crippen LogP contribution in [0.15, 0.2) is 24.3 Å². The monoisotopic (exact) mass is 276 g/mol. The van der Waals surface area contributed by atoms with Crippen molar-refractivity contribution in [2.24, 2.45) is 5.92 Å². The van der Waals surface area contributed by atoms with Gasteiger partial charge in [-0.3, -0.25) is 0 Å². The molecule has 1 aromatic rings. The Balaban J connectivity index is 1.64. The van der Waals surface area contributed by atoms with Gasteiger partial charge < -0.3 is 19.9 Å². The molecule has 0 bridgehead atoms. The van der Waals surface area contributed by atoms with Crippen LogP contribution in [0.5, 0.6) is 5.75 Å². The van der Waals surface area contributed by atoms with Crippen molar-refractivity contribution in [3.8, 4) is 11.8 Å². The fraction of sp³-hybridized carbons (Fsp3) is 0.533. The van der Waals surface area contributed by atoms with Crippen LogP contribution in [0.25, 0.3) is 0 Å². The van der Waals surface area contributed by atoms with Crippen molar-refractivity contribution in [2.75, 3.05) is 32.9 Å². The zero-order valence-corrected chi connectivity index (χ0v) is 11.4. The van der Waals surface area contributed by atoms with E-state index in [1.165, 1.54) is 0 Å². The molecule has 0 amide bonds. The number of nitrogens with one attached hydrogen (secondary N) is 1. The predicted molar refractivity (Wildman–Crippen MR) is 74.5 cm³/mol. The average molecular weight is 276 g/mol. The molecule has 1 aromatic carbocycles. The Labute approximate surface area is 119 Å². The average Bonchev–Trinajstić information content (AvgIpc) is 2.98. The molecule has 2 atom stereocenters. The standard InChI is InChI=1S/C15H20N2O3/c16-7-12-2-1-3-15(6-12)20-11-14(18)9-17-8-13-4-5-19-10-13/h1-3,6,13-14,17-18H,4-5,8-11H2. The number of hydrogen-bond acceptors (Lipinski definition) is 5. The third-order valence-corrected chi connectivity index (χ3v) is 3.24. The molecule has 1 fully saturated rings. The van der Waals surface area contributed by atoms with E-state index >= 15 is 0 Å². The maximum atomic E-state index is 9.83. The van der Waals surface area contributed by atoms with Crippen LogP contribution in [0.1, 0.15) is 12.0 Å². The lowest BCUT2D eigenvalue weighted by atomic mass is 10.1. The Morgan fingerprint density at radius 1 is 1.55 bits per heavy atom. The Bertz CT molecular complexity index is 453. The van der Waals surface area contributed by atoms with Crippen LogP contribution < -0.4 is 10.1 Å². The summed E-state index contributed by atoms with van der Waals surface area (Å²) in [7, 11) is 0. The third kappa shape index (κ3) is 4.82. The summed E-state index contributed by atoms with van der Waals surface area (Å²) < 4.78 is 10.8. The second-order valence-electron chi connectivity index (χ2n) is 4.99. The van der Waals surface area contributed by atoms with Crippen molar-refractivity contribution in [3.05, 3.63) is 29.8 Å². The van der Waals surface area contributed by atoms with Gasteiger partial charge in [-0.25, -0.2) is 0 Å². The second kappa shape index (κ2) is 7.85. The highest BCUT2D eigenvalue weighted by Crippen LogP contribution is 2.13. The Morgan fingerprint density at radius 3 is 3.20 bits per heavy atom. The van der Waals surface area contributed by atoms with Gasteiger partial charge in [0.25, 0.3) is 0 Å². The molecule has 0 aliphatic carbocycles. The quantitative estimate of drug-likeness (QED) is 0.775. The summed E-state index contributed by atoms with van der Waals surface area (Å²) >= 11 is 0. The highest BCUT2D eigenvalue weighted by molar-refractivity contribution is 5.36. The Hall–Kier alpha value is -1.61. The zero-order valence-electron chi connectivity index (χ0n) is 11.4. The molecule has 1 aliphatic heterocycles. The van der Waals surface area contributed by atoms with Gasteiger partial charge in [-0.1, -0.05) is 6.07 Å². The topological polar surface area (TPSA) is 74.5 Å². The minimum absolute atomic E-state index is 0.211. The van der Waals surface area contributed by atoms with Crippen molar-refractivity contribution >= 4 is 0 Å². The summed E-state index contributed by atoms with van der Waals surface area (Å²) in [6.45, 7) is 3.21.